The van der Waals surface area contributed by atoms with Crippen LogP contribution in [0.15, 0.2) is 24.3 Å². The minimum atomic E-state index is 0.0557. The van der Waals surface area contributed by atoms with Crippen molar-refractivity contribution < 1.29 is 0 Å². The average Bonchev–Trinajstić information content (AvgIpc) is 2.76. The summed E-state index contributed by atoms with van der Waals surface area (Å²) in [5, 5.41) is 8.82. The molecule has 0 spiro atoms. The minimum absolute atomic E-state index is 0.0557. The zero-order valence-corrected chi connectivity index (χ0v) is 11.7. The molecule has 0 bridgehead atoms. The highest BCUT2D eigenvalue weighted by Gasteiger charge is 2.13. The molecule has 3 aromatic rings. The molecule has 0 aliphatic rings. The van der Waals surface area contributed by atoms with E-state index in [1.54, 1.807) is 4.68 Å². The van der Waals surface area contributed by atoms with Crippen LogP contribution in [0.25, 0.3) is 11.2 Å². The summed E-state index contributed by atoms with van der Waals surface area (Å²) in [6.07, 6.45) is 0. The quantitative estimate of drug-likeness (QED) is 0.538. The van der Waals surface area contributed by atoms with Crippen molar-refractivity contribution in [3.05, 3.63) is 45.3 Å². The molecule has 1 aromatic carbocycles. The Morgan fingerprint density at radius 1 is 1.05 bits per heavy atom. The molecule has 8 heteroatoms. The zero-order valence-electron chi connectivity index (χ0n) is 9.39. The van der Waals surface area contributed by atoms with Crippen LogP contribution in [0.5, 0.6) is 0 Å². The van der Waals surface area contributed by atoms with Crippen molar-refractivity contribution in [3.8, 4) is 0 Å². The van der Waals surface area contributed by atoms with Crippen LogP contribution in [0.2, 0.25) is 15.5 Å². The fraction of sp³-hybridized carbons (Fsp3) is 0.0909. The van der Waals surface area contributed by atoms with E-state index >= 15 is 0 Å². The van der Waals surface area contributed by atoms with E-state index < -0.39 is 0 Å². The third-order valence-electron chi connectivity index (χ3n) is 2.57. The molecule has 0 aliphatic carbocycles. The van der Waals surface area contributed by atoms with Crippen molar-refractivity contribution in [2.24, 2.45) is 0 Å². The number of hydrogen-bond donors (Lipinski definition) is 0. The normalized spacial score (nSPS) is 11.1. The van der Waals surface area contributed by atoms with Gasteiger partial charge in [0.15, 0.2) is 16.3 Å². The number of halogens is 3. The molecular formula is C11H6Cl3N5. The molecule has 0 atom stereocenters. The number of aromatic nitrogens is 5. The second-order valence-electron chi connectivity index (χ2n) is 3.79. The molecule has 0 saturated carbocycles. The van der Waals surface area contributed by atoms with Gasteiger partial charge in [0, 0.05) is 5.02 Å². The molecule has 0 amide bonds. The smallest absolute Gasteiger partial charge is 0.222 e. The third-order valence-corrected chi connectivity index (χ3v) is 3.37. The van der Waals surface area contributed by atoms with Gasteiger partial charge in [0.05, 0.1) is 6.54 Å². The summed E-state index contributed by atoms with van der Waals surface area (Å²) in [4.78, 5) is 7.90. The maximum Gasteiger partial charge on any atom is 0.225 e. The number of nitrogens with zero attached hydrogens (tertiary/aromatic N) is 5. The number of benzene rings is 1. The van der Waals surface area contributed by atoms with Crippen LogP contribution in [-0.2, 0) is 6.54 Å². The van der Waals surface area contributed by atoms with E-state index in [9.17, 15) is 0 Å². The molecule has 0 saturated heterocycles. The molecule has 0 unspecified atom stereocenters. The fourth-order valence-electron chi connectivity index (χ4n) is 1.69. The molecule has 3 rings (SSSR count). The van der Waals surface area contributed by atoms with Crippen molar-refractivity contribution in [2.75, 3.05) is 0 Å². The SMILES string of the molecule is Clc1nc(Cl)c2nnn(Cc3ccccc3Cl)c2n1. The van der Waals surface area contributed by atoms with Crippen molar-refractivity contribution >= 4 is 46.0 Å². The summed E-state index contributed by atoms with van der Waals surface area (Å²) in [6, 6.07) is 7.47. The molecule has 0 N–H and O–H groups in total. The van der Waals surface area contributed by atoms with Crippen molar-refractivity contribution in [1.29, 1.82) is 0 Å². The highest BCUT2D eigenvalue weighted by molar-refractivity contribution is 6.35. The Labute approximate surface area is 123 Å². The predicted molar refractivity (Wildman–Crippen MR) is 73.7 cm³/mol. The second kappa shape index (κ2) is 4.92. The lowest BCUT2D eigenvalue weighted by molar-refractivity contribution is 0.664. The molecule has 0 fully saturated rings. The van der Waals surface area contributed by atoms with Crippen LogP contribution in [0, 0.1) is 0 Å². The van der Waals surface area contributed by atoms with E-state index in [-0.39, 0.29) is 10.4 Å². The summed E-state index contributed by atoms with van der Waals surface area (Å²) in [5.41, 5.74) is 1.80. The molecule has 0 radical (unpaired) electrons. The Bertz CT molecular complexity index is 755. The van der Waals surface area contributed by atoms with Gasteiger partial charge in [0.25, 0.3) is 0 Å². The maximum absolute atomic E-state index is 6.11. The topological polar surface area (TPSA) is 56.5 Å². The van der Waals surface area contributed by atoms with Crippen LogP contribution in [0.4, 0.5) is 0 Å². The van der Waals surface area contributed by atoms with Crippen LogP contribution in [0.1, 0.15) is 5.56 Å². The van der Waals surface area contributed by atoms with Crippen LogP contribution in [-0.4, -0.2) is 25.0 Å². The standard InChI is InChI=1S/C11H6Cl3N5/c12-7-4-2-1-3-6(7)5-19-10-8(17-18-19)9(13)15-11(14)16-10/h1-4H,5H2. The van der Waals surface area contributed by atoms with Gasteiger partial charge >= 0.3 is 0 Å². The lowest BCUT2D eigenvalue weighted by Gasteiger charge is -2.04. The van der Waals surface area contributed by atoms with Gasteiger partial charge in [0.2, 0.25) is 5.28 Å². The van der Waals surface area contributed by atoms with Crippen LogP contribution < -0.4 is 0 Å². The van der Waals surface area contributed by atoms with E-state index in [1.165, 1.54) is 0 Å². The van der Waals surface area contributed by atoms with Crippen LogP contribution in [0.3, 0.4) is 0 Å². The first kappa shape index (κ1) is 12.6. The van der Waals surface area contributed by atoms with Gasteiger partial charge in [-0.15, -0.1) is 5.10 Å². The van der Waals surface area contributed by atoms with Gasteiger partial charge in [-0.2, -0.15) is 4.98 Å². The Kier molecular flexibility index (Phi) is 3.26. The van der Waals surface area contributed by atoms with Crippen molar-refractivity contribution in [1.82, 2.24) is 25.0 Å². The minimum Gasteiger partial charge on any atom is -0.222 e. The Morgan fingerprint density at radius 3 is 2.63 bits per heavy atom. The first-order chi connectivity index (χ1) is 9.15. The van der Waals surface area contributed by atoms with Crippen molar-refractivity contribution in [2.45, 2.75) is 6.54 Å². The number of fused-ring (bicyclic) bond motifs is 1. The Balaban J connectivity index is 2.09. The number of rotatable bonds is 2. The lowest BCUT2D eigenvalue weighted by Crippen LogP contribution is -2.03. The van der Waals surface area contributed by atoms with E-state index in [0.717, 1.165) is 5.56 Å². The average molecular weight is 315 g/mol. The molecule has 19 heavy (non-hydrogen) atoms. The molecule has 5 nitrogen and oxygen atoms in total. The lowest BCUT2D eigenvalue weighted by atomic mass is 10.2. The molecule has 96 valence electrons. The molecular weight excluding hydrogens is 309 g/mol. The molecule has 2 aromatic heterocycles. The van der Waals surface area contributed by atoms with Gasteiger partial charge in [-0.3, -0.25) is 0 Å². The summed E-state index contributed by atoms with van der Waals surface area (Å²) < 4.78 is 1.58. The third kappa shape index (κ3) is 2.36. The van der Waals surface area contributed by atoms with Gasteiger partial charge in [0.1, 0.15) is 0 Å². The van der Waals surface area contributed by atoms with Gasteiger partial charge in [-0.25, -0.2) is 9.67 Å². The monoisotopic (exact) mass is 313 g/mol. The van der Waals surface area contributed by atoms with Gasteiger partial charge < -0.3 is 0 Å². The predicted octanol–water partition coefficient (Wildman–Crippen LogP) is 3.23. The van der Waals surface area contributed by atoms with Gasteiger partial charge in [-0.05, 0) is 23.2 Å². The van der Waals surface area contributed by atoms with Crippen molar-refractivity contribution in [3.63, 3.8) is 0 Å². The van der Waals surface area contributed by atoms with E-state index in [0.29, 0.717) is 22.7 Å². The van der Waals surface area contributed by atoms with E-state index in [4.69, 9.17) is 34.8 Å². The first-order valence-corrected chi connectivity index (χ1v) is 6.44. The highest BCUT2D eigenvalue weighted by atomic mass is 35.5. The maximum atomic E-state index is 6.11. The summed E-state index contributed by atoms with van der Waals surface area (Å²) in [5.74, 6) is 0. The van der Waals surface area contributed by atoms with E-state index in [2.05, 4.69) is 20.3 Å². The summed E-state index contributed by atoms with van der Waals surface area (Å²) in [6.45, 7) is 0.430. The highest BCUT2D eigenvalue weighted by Crippen LogP contribution is 2.21. The Morgan fingerprint density at radius 2 is 1.84 bits per heavy atom. The zero-order chi connectivity index (χ0) is 13.4. The van der Waals surface area contributed by atoms with Gasteiger partial charge in [-0.1, -0.05) is 46.6 Å². The van der Waals surface area contributed by atoms with E-state index in [1.807, 2.05) is 24.3 Å². The van der Waals surface area contributed by atoms with Crippen LogP contribution >= 0.6 is 34.8 Å². The molecule has 2 heterocycles. The first-order valence-electron chi connectivity index (χ1n) is 5.31. The largest absolute Gasteiger partial charge is 0.225 e. The number of hydrogen-bond acceptors (Lipinski definition) is 4. The Hall–Kier alpha value is -1.43. The summed E-state index contributed by atoms with van der Waals surface area (Å²) >= 11 is 17.8. The fourth-order valence-corrected chi connectivity index (χ4v) is 2.30. The summed E-state index contributed by atoms with van der Waals surface area (Å²) in [7, 11) is 0. The molecule has 0 aliphatic heterocycles. The second-order valence-corrected chi connectivity index (χ2v) is 4.90.